The lowest BCUT2D eigenvalue weighted by atomic mass is 9.67. The highest BCUT2D eigenvalue weighted by Gasteiger charge is 2.33. The Morgan fingerprint density at radius 1 is 1.03 bits per heavy atom. The van der Waals surface area contributed by atoms with Crippen molar-refractivity contribution < 1.29 is 9.82 Å². The molecule has 162 valence electrons. The third-order valence-electron chi connectivity index (χ3n) is 6.10. The molecule has 1 aliphatic rings. The summed E-state index contributed by atoms with van der Waals surface area (Å²) in [5.41, 5.74) is 10.1. The number of aromatic nitrogens is 1. The van der Waals surface area contributed by atoms with Crippen molar-refractivity contribution in [2.24, 2.45) is 10.8 Å². The smallest absolute Gasteiger partial charge is 0.427 e. The van der Waals surface area contributed by atoms with E-state index in [4.69, 9.17) is 5.73 Å². The van der Waals surface area contributed by atoms with Gasteiger partial charge in [0.25, 0.3) is 0 Å². The minimum absolute atomic E-state index is 0.0349. The van der Waals surface area contributed by atoms with Crippen LogP contribution in [-0.2, 0) is 11.2 Å². The molecule has 3 N–H and O–H groups in total. The first-order chi connectivity index (χ1) is 16.2. The fourth-order valence-electron chi connectivity index (χ4n) is 4.38. The van der Waals surface area contributed by atoms with Gasteiger partial charge in [-0.15, -0.1) is 0 Å². The van der Waals surface area contributed by atoms with Gasteiger partial charge in [0.1, 0.15) is 5.78 Å². The zero-order valence-corrected chi connectivity index (χ0v) is 18.0. The number of nitrogens with zero attached hydrogens (tertiary/aromatic N) is 3. The molecule has 3 aromatic carbocycles. The summed E-state index contributed by atoms with van der Waals surface area (Å²) in [4.78, 5) is 19.0. The number of hydrogen-bond acceptors (Lipinski definition) is 6. The summed E-state index contributed by atoms with van der Waals surface area (Å²) < 4.78 is 0. The second-order valence-electron chi connectivity index (χ2n) is 8.14. The molecule has 0 radical (unpaired) electrons. The molecule has 4 aromatic rings. The lowest BCUT2D eigenvalue weighted by Crippen LogP contribution is -2.50. The van der Waals surface area contributed by atoms with Gasteiger partial charge in [-0.25, -0.2) is 0 Å². The Kier molecular flexibility index (Phi) is 5.73. The number of para-hydroxylation sites is 1. The number of hydrogen-bond donors (Lipinski definition) is 2. The Labute approximate surface area is 192 Å². The number of anilines is 1. The van der Waals surface area contributed by atoms with E-state index in [9.17, 15) is 9.82 Å². The Hall–Kier alpha value is -3.81. The maximum Gasteiger partial charge on any atom is 0.471 e. The van der Waals surface area contributed by atoms with Crippen molar-refractivity contribution in [3.63, 3.8) is 0 Å². The molecule has 0 amide bonds. The first-order valence-electron chi connectivity index (χ1n) is 10.9. The normalized spacial score (nSPS) is 13.8. The molecule has 0 aliphatic carbocycles. The summed E-state index contributed by atoms with van der Waals surface area (Å²) in [6.07, 6.45) is 5.54. The van der Waals surface area contributed by atoms with E-state index in [2.05, 4.69) is 10.1 Å². The van der Waals surface area contributed by atoms with Crippen LogP contribution < -0.4 is 16.1 Å². The largest absolute Gasteiger partial charge is 0.471 e. The number of ketones is 1. The van der Waals surface area contributed by atoms with E-state index in [0.717, 1.165) is 33.2 Å². The minimum atomic E-state index is -0.949. The van der Waals surface area contributed by atoms with Crippen LogP contribution in [0.1, 0.15) is 22.6 Å². The van der Waals surface area contributed by atoms with Gasteiger partial charge in [0, 0.05) is 36.4 Å². The molecular weight excluding hydrogens is 411 g/mol. The van der Waals surface area contributed by atoms with Crippen molar-refractivity contribution in [3.05, 3.63) is 102 Å². The van der Waals surface area contributed by atoms with E-state index in [0.29, 0.717) is 5.46 Å². The molecule has 7 heteroatoms. The van der Waals surface area contributed by atoms with Crippen LogP contribution in [0.4, 0.5) is 5.69 Å². The van der Waals surface area contributed by atoms with Crippen molar-refractivity contribution >= 4 is 41.0 Å². The van der Waals surface area contributed by atoms with Gasteiger partial charge in [0.05, 0.1) is 12.1 Å². The molecule has 33 heavy (non-hydrogen) atoms. The van der Waals surface area contributed by atoms with E-state index in [-0.39, 0.29) is 18.7 Å². The van der Waals surface area contributed by atoms with Crippen molar-refractivity contribution in [1.82, 2.24) is 4.98 Å². The second kappa shape index (κ2) is 8.98. The van der Waals surface area contributed by atoms with Crippen molar-refractivity contribution in [3.8, 4) is 0 Å². The molecule has 1 atom stereocenters. The second-order valence-corrected chi connectivity index (χ2v) is 8.14. The van der Waals surface area contributed by atoms with E-state index < -0.39 is 13.0 Å². The van der Waals surface area contributed by atoms with Gasteiger partial charge in [0.15, 0.2) is 0 Å². The fraction of sp³-hybridized carbons (Fsp3) is 0.115. The molecular formula is C26H23BN4O2. The monoisotopic (exact) mass is 434 g/mol. The van der Waals surface area contributed by atoms with Crippen LogP contribution in [0.3, 0.4) is 0 Å². The molecule has 5 rings (SSSR count). The summed E-state index contributed by atoms with van der Waals surface area (Å²) >= 11 is 0. The van der Waals surface area contributed by atoms with Crippen LogP contribution in [-0.4, -0.2) is 35.6 Å². The van der Waals surface area contributed by atoms with Gasteiger partial charge in [0.2, 0.25) is 0 Å². The van der Waals surface area contributed by atoms with E-state index in [1.807, 2.05) is 79.0 Å². The van der Waals surface area contributed by atoms with Crippen LogP contribution in [0.2, 0.25) is 0 Å². The highest BCUT2D eigenvalue weighted by atomic mass is 16.2. The Morgan fingerprint density at radius 2 is 1.88 bits per heavy atom. The molecule has 0 fully saturated rings. The Morgan fingerprint density at radius 3 is 2.70 bits per heavy atom. The van der Waals surface area contributed by atoms with Crippen LogP contribution in [0.25, 0.3) is 10.8 Å². The average Bonchev–Trinajstić information content (AvgIpc) is 2.85. The lowest BCUT2D eigenvalue weighted by molar-refractivity contribution is -0.119. The molecule has 6 nitrogen and oxygen atoms in total. The minimum Gasteiger partial charge on any atom is -0.427 e. The first-order valence-corrected chi connectivity index (χ1v) is 10.9. The number of rotatable bonds is 6. The maximum atomic E-state index is 13.3. The third-order valence-corrected chi connectivity index (χ3v) is 6.10. The van der Waals surface area contributed by atoms with Gasteiger partial charge in [-0.2, -0.15) is 5.10 Å². The highest BCUT2D eigenvalue weighted by Crippen LogP contribution is 2.25. The van der Waals surface area contributed by atoms with Gasteiger partial charge >= 0.3 is 7.05 Å². The quantitative estimate of drug-likeness (QED) is 0.456. The zero-order chi connectivity index (χ0) is 22.8. The van der Waals surface area contributed by atoms with E-state index >= 15 is 0 Å². The molecule has 1 aromatic heterocycles. The molecule has 1 aliphatic heterocycles. The lowest BCUT2D eigenvalue weighted by Gasteiger charge is -2.29. The fourth-order valence-corrected chi connectivity index (χ4v) is 4.38. The summed E-state index contributed by atoms with van der Waals surface area (Å²) in [5.74, 6) is -0.456. The number of fused-ring (bicyclic) bond motifs is 2. The molecule has 0 saturated heterocycles. The summed E-state index contributed by atoms with van der Waals surface area (Å²) in [6.45, 7) is 0.180. The number of benzene rings is 3. The van der Waals surface area contributed by atoms with Crippen molar-refractivity contribution in [2.75, 3.05) is 11.5 Å². The number of carbonyl (C=O) groups excluding carboxylic acids is 1. The van der Waals surface area contributed by atoms with Gasteiger partial charge in [-0.05, 0) is 45.7 Å². The SMILES string of the molecule is NCC(C(=O)Cc1ccc2cnccc2c1)c1cccc2c1C=NN(c1ccccc1)B2O. The molecule has 0 bridgehead atoms. The maximum absolute atomic E-state index is 13.3. The summed E-state index contributed by atoms with van der Waals surface area (Å²) in [5, 5.41) is 17.6. The van der Waals surface area contributed by atoms with E-state index in [1.165, 1.54) is 0 Å². The molecule has 0 spiro atoms. The number of carbonyl (C=O) groups is 1. The van der Waals surface area contributed by atoms with Crippen molar-refractivity contribution in [1.29, 1.82) is 0 Å². The first kappa shape index (κ1) is 21.1. The Balaban J connectivity index is 1.44. The highest BCUT2D eigenvalue weighted by molar-refractivity contribution is 6.71. The van der Waals surface area contributed by atoms with E-state index in [1.54, 1.807) is 17.3 Å². The molecule has 2 heterocycles. The summed E-state index contributed by atoms with van der Waals surface area (Å²) in [6, 6.07) is 23.0. The predicted octanol–water partition coefficient (Wildman–Crippen LogP) is 2.63. The standard InChI is InChI=1S/C26H23BN4O2/c28-15-23(26(32)14-18-9-10-20-16-29-12-11-19(20)13-18)22-7-4-8-25-24(22)17-30-31(27(25)33)21-5-2-1-3-6-21/h1-13,16-17,23,33H,14-15,28H2. The van der Waals surface area contributed by atoms with Gasteiger partial charge < -0.3 is 10.8 Å². The van der Waals surface area contributed by atoms with Crippen LogP contribution in [0, 0.1) is 0 Å². The topological polar surface area (TPSA) is 91.8 Å². The Bertz CT molecular complexity index is 1340. The van der Waals surface area contributed by atoms with Crippen LogP contribution >= 0.6 is 0 Å². The number of nitrogens with two attached hydrogens (primary N) is 1. The number of hydrazone groups is 1. The van der Waals surface area contributed by atoms with Gasteiger partial charge in [-0.3, -0.25) is 14.7 Å². The third kappa shape index (κ3) is 4.04. The zero-order valence-electron chi connectivity index (χ0n) is 18.0. The predicted molar refractivity (Wildman–Crippen MR) is 133 cm³/mol. The number of pyridine rings is 1. The molecule has 1 unspecified atom stereocenters. The van der Waals surface area contributed by atoms with Crippen molar-refractivity contribution in [2.45, 2.75) is 12.3 Å². The van der Waals surface area contributed by atoms with Crippen LogP contribution in [0.5, 0.6) is 0 Å². The van der Waals surface area contributed by atoms with Crippen LogP contribution in [0.15, 0.2) is 90.3 Å². The molecule has 0 saturated carbocycles. The average molecular weight is 434 g/mol. The summed E-state index contributed by atoms with van der Waals surface area (Å²) in [7, 11) is -0.949. The van der Waals surface area contributed by atoms with Gasteiger partial charge in [-0.1, -0.05) is 54.6 Å². The number of Topliss-reactive ketones (excluding diaryl/α,β-unsaturated/α-hetero) is 1.